The van der Waals surface area contributed by atoms with Gasteiger partial charge >= 0.3 is 5.97 Å². The molecule has 0 amide bonds. The Morgan fingerprint density at radius 3 is 2.31 bits per heavy atom. The number of hydrogen-bond acceptors (Lipinski definition) is 7. The quantitative estimate of drug-likeness (QED) is 0.133. The molecular weight excluding hydrogens is 496 g/mol. The van der Waals surface area contributed by atoms with Crippen molar-refractivity contribution in [1.82, 2.24) is 0 Å². The molecule has 7 heteroatoms. The lowest BCUT2D eigenvalue weighted by molar-refractivity contribution is -0.144. The summed E-state index contributed by atoms with van der Waals surface area (Å²) < 4.78 is 22.4. The molecule has 7 nitrogen and oxygen atoms in total. The molecule has 4 rings (SSSR count). The van der Waals surface area contributed by atoms with Crippen LogP contribution in [0, 0.1) is 5.41 Å². The van der Waals surface area contributed by atoms with Gasteiger partial charge < -0.3 is 23.7 Å². The molecule has 0 spiro atoms. The largest absolute Gasteiger partial charge is 0.502 e. The average molecular weight is 531 g/mol. The molecule has 1 heterocycles. The maximum Gasteiger partial charge on any atom is 0.316 e. The number of fused-ring (bicyclic) bond motifs is 1. The van der Waals surface area contributed by atoms with E-state index in [2.05, 4.69) is 6.92 Å². The third-order valence-electron chi connectivity index (χ3n) is 6.87. The van der Waals surface area contributed by atoms with Crippen LogP contribution in [0.4, 0.5) is 0 Å². The summed E-state index contributed by atoms with van der Waals surface area (Å²) in [5, 5.41) is 10.7. The molecule has 1 aromatic heterocycles. The van der Waals surface area contributed by atoms with Crippen LogP contribution in [0.5, 0.6) is 17.2 Å². The fraction of sp³-hybridized carbons (Fsp3) is 0.312. The maximum atomic E-state index is 13.2. The van der Waals surface area contributed by atoms with E-state index >= 15 is 0 Å². The van der Waals surface area contributed by atoms with Crippen molar-refractivity contribution < 1.29 is 28.5 Å². The lowest BCUT2D eigenvalue weighted by atomic mass is 9.79. The van der Waals surface area contributed by atoms with E-state index in [0.717, 1.165) is 12.0 Å². The van der Waals surface area contributed by atoms with E-state index in [-0.39, 0.29) is 34.7 Å². The summed E-state index contributed by atoms with van der Waals surface area (Å²) in [6, 6.07) is 21.3. The number of benzene rings is 3. The lowest BCUT2D eigenvalue weighted by Crippen LogP contribution is -2.31. The first-order valence-electron chi connectivity index (χ1n) is 13.0. The molecule has 0 fully saturated rings. The van der Waals surface area contributed by atoms with Gasteiger partial charge in [-0.1, -0.05) is 49.4 Å². The highest BCUT2D eigenvalue weighted by Gasteiger charge is 2.33. The molecule has 3 aromatic carbocycles. The Morgan fingerprint density at radius 1 is 1.00 bits per heavy atom. The maximum absolute atomic E-state index is 13.2. The predicted molar refractivity (Wildman–Crippen MR) is 150 cm³/mol. The van der Waals surface area contributed by atoms with Crippen LogP contribution in [0.3, 0.4) is 0 Å². The van der Waals surface area contributed by atoms with Gasteiger partial charge in [-0.2, -0.15) is 0 Å². The highest BCUT2D eigenvalue weighted by molar-refractivity contribution is 5.85. The molecule has 0 saturated heterocycles. The van der Waals surface area contributed by atoms with Crippen molar-refractivity contribution in [3.63, 3.8) is 0 Å². The normalized spacial score (nSPS) is 13.2. The molecule has 0 aliphatic heterocycles. The minimum atomic E-state index is -0.806. The number of carbonyl (C=O) groups is 1. The SMILES string of the molecule is CCC(CC(C)(C)C(=O)Oc1ccc2oc(-c3ccccc3)c(O)c(=O)c2c1)c1ccc(OC(C)OC)cc1. The van der Waals surface area contributed by atoms with Crippen LogP contribution in [0.1, 0.15) is 52.0 Å². The van der Waals surface area contributed by atoms with Crippen molar-refractivity contribution in [3.05, 3.63) is 88.6 Å². The molecule has 39 heavy (non-hydrogen) atoms. The van der Waals surface area contributed by atoms with Gasteiger partial charge in [0.25, 0.3) is 0 Å². The van der Waals surface area contributed by atoms with Gasteiger partial charge in [-0.3, -0.25) is 9.59 Å². The molecule has 0 bridgehead atoms. The minimum Gasteiger partial charge on any atom is -0.502 e. The summed E-state index contributed by atoms with van der Waals surface area (Å²) in [4.78, 5) is 26.2. The van der Waals surface area contributed by atoms with E-state index in [1.54, 1.807) is 43.5 Å². The van der Waals surface area contributed by atoms with Crippen molar-refractivity contribution in [1.29, 1.82) is 0 Å². The fourth-order valence-corrected chi connectivity index (χ4v) is 4.51. The molecule has 1 N–H and O–H groups in total. The van der Waals surface area contributed by atoms with E-state index < -0.39 is 22.6 Å². The van der Waals surface area contributed by atoms with Gasteiger partial charge in [0, 0.05) is 12.7 Å². The van der Waals surface area contributed by atoms with Crippen LogP contribution in [0.15, 0.2) is 82.0 Å². The zero-order valence-electron chi connectivity index (χ0n) is 22.9. The first-order valence-corrected chi connectivity index (χ1v) is 13.0. The summed E-state index contributed by atoms with van der Waals surface area (Å²) in [7, 11) is 1.59. The second-order valence-electron chi connectivity index (χ2n) is 10.2. The Morgan fingerprint density at radius 2 is 1.67 bits per heavy atom. The highest BCUT2D eigenvalue weighted by Crippen LogP contribution is 2.37. The van der Waals surface area contributed by atoms with Gasteiger partial charge in [0.15, 0.2) is 12.1 Å². The van der Waals surface area contributed by atoms with E-state index in [1.807, 2.05) is 51.1 Å². The summed E-state index contributed by atoms with van der Waals surface area (Å²) in [5.41, 5.74) is 0.575. The Balaban J connectivity index is 1.51. The monoisotopic (exact) mass is 530 g/mol. The number of ether oxygens (including phenoxy) is 3. The van der Waals surface area contributed by atoms with Crippen LogP contribution in [-0.2, 0) is 9.53 Å². The number of methoxy groups -OCH3 is 1. The molecule has 2 unspecified atom stereocenters. The standard InChI is InChI=1S/C32H34O7/c1-6-21(22-12-14-24(15-13-22)37-20(2)36-5)19-32(3,4)31(35)38-25-16-17-27-26(18-25)28(33)29(34)30(39-27)23-10-8-7-9-11-23/h7-18,20-21,34H,6,19H2,1-5H3. The molecular formula is C32H34O7. The second-order valence-corrected chi connectivity index (χ2v) is 10.2. The molecule has 204 valence electrons. The Labute approximate surface area is 228 Å². The molecule has 0 aliphatic rings. The molecule has 4 aromatic rings. The van der Waals surface area contributed by atoms with Crippen molar-refractivity contribution in [2.75, 3.05) is 7.11 Å². The van der Waals surface area contributed by atoms with Crippen molar-refractivity contribution in [2.24, 2.45) is 5.41 Å². The first-order chi connectivity index (χ1) is 18.6. The molecule has 0 aliphatic carbocycles. The van der Waals surface area contributed by atoms with Crippen molar-refractivity contribution in [2.45, 2.75) is 52.7 Å². The van der Waals surface area contributed by atoms with E-state index in [1.165, 1.54) is 6.07 Å². The van der Waals surface area contributed by atoms with Gasteiger partial charge in [-0.15, -0.1) is 0 Å². The minimum absolute atomic E-state index is 0.0948. The van der Waals surface area contributed by atoms with Crippen LogP contribution in [0.2, 0.25) is 0 Å². The van der Waals surface area contributed by atoms with E-state index in [0.29, 0.717) is 17.7 Å². The number of rotatable bonds is 10. The molecule has 0 saturated carbocycles. The van der Waals surface area contributed by atoms with Gasteiger partial charge in [0.2, 0.25) is 11.2 Å². The summed E-state index contributed by atoms with van der Waals surface area (Å²) in [6.45, 7) is 7.61. The van der Waals surface area contributed by atoms with Gasteiger partial charge in [-0.05, 0) is 75.4 Å². The first kappa shape index (κ1) is 27.9. The second kappa shape index (κ2) is 11.7. The Bertz CT molecular complexity index is 1490. The zero-order valence-corrected chi connectivity index (χ0v) is 22.9. The number of hydrogen-bond donors (Lipinski definition) is 1. The third-order valence-corrected chi connectivity index (χ3v) is 6.87. The molecule has 2 atom stereocenters. The van der Waals surface area contributed by atoms with E-state index in [9.17, 15) is 14.7 Å². The summed E-state index contributed by atoms with van der Waals surface area (Å²) >= 11 is 0. The summed E-state index contributed by atoms with van der Waals surface area (Å²) in [6.07, 6.45) is 1.06. The zero-order chi connectivity index (χ0) is 28.2. The predicted octanol–water partition coefficient (Wildman–Crippen LogP) is 7.05. The average Bonchev–Trinajstić information content (AvgIpc) is 2.94. The van der Waals surface area contributed by atoms with Crippen LogP contribution in [0.25, 0.3) is 22.3 Å². The number of aromatic hydroxyl groups is 1. The van der Waals surface area contributed by atoms with Crippen LogP contribution < -0.4 is 14.9 Å². The van der Waals surface area contributed by atoms with Gasteiger partial charge in [0.1, 0.15) is 17.1 Å². The molecule has 0 radical (unpaired) electrons. The third kappa shape index (κ3) is 6.32. The fourth-order valence-electron chi connectivity index (χ4n) is 4.51. The number of carbonyl (C=O) groups excluding carboxylic acids is 1. The topological polar surface area (TPSA) is 95.2 Å². The van der Waals surface area contributed by atoms with Crippen LogP contribution in [-0.4, -0.2) is 24.5 Å². The van der Waals surface area contributed by atoms with E-state index in [4.69, 9.17) is 18.6 Å². The van der Waals surface area contributed by atoms with Crippen molar-refractivity contribution >= 4 is 16.9 Å². The van der Waals surface area contributed by atoms with Crippen LogP contribution >= 0.6 is 0 Å². The Hall–Kier alpha value is -4.10. The van der Waals surface area contributed by atoms with Gasteiger partial charge in [-0.25, -0.2) is 0 Å². The number of esters is 1. The Kier molecular flexibility index (Phi) is 8.41. The van der Waals surface area contributed by atoms with Crippen molar-refractivity contribution in [3.8, 4) is 28.6 Å². The van der Waals surface area contributed by atoms with Gasteiger partial charge in [0.05, 0.1) is 10.8 Å². The lowest BCUT2D eigenvalue weighted by Gasteiger charge is -2.28. The summed E-state index contributed by atoms with van der Waals surface area (Å²) in [5.74, 6) is 0.238. The highest BCUT2D eigenvalue weighted by atomic mass is 16.7. The smallest absolute Gasteiger partial charge is 0.316 e.